The fourth-order valence-corrected chi connectivity index (χ4v) is 2.51. The topological polar surface area (TPSA) is 38.5 Å². The Labute approximate surface area is 104 Å². The molecule has 94 valence electrons. The van der Waals surface area contributed by atoms with Crippen LogP contribution in [0.25, 0.3) is 0 Å². The molecule has 1 unspecified atom stereocenters. The molecule has 1 fully saturated rings. The van der Waals surface area contributed by atoms with E-state index in [0.29, 0.717) is 12.5 Å². The van der Waals surface area contributed by atoms with Gasteiger partial charge in [-0.1, -0.05) is 12.1 Å². The molecule has 1 aromatic rings. The summed E-state index contributed by atoms with van der Waals surface area (Å²) < 4.78 is 5.26. The van der Waals surface area contributed by atoms with Gasteiger partial charge < -0.3 is 15.4 Å². The highest BCUT2D eigenvalue weighted by molar-refractivity contribution is 5.48. The molecule has 0 amide bonds. The van der Waals surface area contributed by atoms with Crippen LogP contribution < -0.4 is 10.6 Å². The summed E-state index contributed by atoms with van der Waals surface area (Å²) in [5.74, 6) is 0.669. The van der Waals surface area contributed by atoms with Crippen LogP contribution in [-0.4, -0.2) is 26.8 Å². The molecular formula is C14H22N2O. The van der Waals surface area contributed by atoms with Crippen molar-refractivity contribution in [3.63, 3.8) is 0 Å². The molecule has 1 aliphatic heterocycles. The van der Waals surface area contributed by atoms with Crippen molar-refractivity contribution in [3.05, 3.63) is 29.8 Å². The van der Waals surface area contributed by atoms with E-state index in [-0.39, 0.29) is 0 Å². The van der Waals surface area contributed by atoms with E-state index in [0.717, 1.165) is 19.7 Å². The Kier molecular flexibility index (Phi) is 4.40. The zero-order valence-corrected chi connectivity index (χ0v) is 10.6. The fraction of sp³-hybridized carbons (Fsp3) is 0.571. The summed E-state index contributed by atoms with van der Waals surface area (Å²) in [6.07, 6.45) is 2.54. The van der Waals surface area contributed by atoms with E-state index in [1.807, 2.05) is 0 Å². The van der Waals surface area contributed by atoms with Gasteiger partial charge in [-0.2, -0.15) is 0 Å². The van der Waals surface area contributed by atoms with Gasteiger partial charge in [0.05, 0.1) is 6.61 Å². The Morgan fingerprint density at radius 2 is 2.12 bits per heavy atom. The maximum atomic E-state index is 5.61. The molecule has 0 saturated carbocycles. The van der Waals surface area contributed by atoms with Crippen molar-refractivity contribution in [2.75, 3.05) is 31.7 Å². The molecule has 1 saturated heterocycles. The van der Waals surface area contributed by atoms with Gasteiger partial charge in [0.1, 0.15) is 0 Å². The van der Waals surface area contributed by atoms with Gasteiger partial charge in [0.15, 0.2) is 0 Å². The minimum Gasteiger partial charge on any atom is -0.384 e. The Morgan fingerprint density at radius 1 is 1.35 bits per heavy atom. The first-order chi connectivity index (χ1) is 8.33. The average Bonchev–Trinajstić information content (AvgIpc) is 2.40. The van der Waals surface area contributed by atoms with Crippen LogP contribution in [0.4, 0.5) is 5.69 Å². The number of rotatable bonds is 4. The van der Waals surface area contributed by atoms with Crippen LogP contribution in [0.5, 0.6) is 0 Å². The molecule has 1 aromatic carbocycles. The molecule has 3 heteroatoms. The molecular weight excluding hydrogens is 212 g/mol. The molecule has 1 atom stereocenters. The summed E-state index contributed by atoms with van der Waals surface area (Å²) >= 11 is 0. The van der Waals surface area contributed by atoms with E-state index in [4.69, 9.17) is 10.5 Å². The zero-order valence-electron chi connectivity index (χ0n) is 10.6. The maximum absolute atomic E-state index is 5.61. The Morgan fingerprint density at radius 3 is 2.76 bits per heavy atom. The third-order valence-corrected chi connectivity index (χ3v) is 3.46. The van der Waals surface area contributed by atoms with Crippen molar-refractivity contribution < 1.29 is 4.74 Å². The van der Waals surface area contributed by atoms with Crippen LogP contribution in [0.1, 0.15) is 18.4 Å². The lowest BCUT2D eigenvalue weighted by molar-refractivity contribution is 0.143. The quantitative estimate of drug-likeness (QED) is 0.866. The molecule has 1 heterocycles. The van der Waals surface area contributed by atoms with E-state index >= 15 is 0 Å². The van der Waals surface area contributed by atoms with E-state index in [1.54, 1.807) is 7.11 Å². The number of hydrogen-bond donors (Lipinski definition) is 1. The Bertz CT molecular complexity index is 335. The van der Waals surface area contributed by atoms with Crippen molar-refractivity contribution in [2.45, 2.75) is 19.4 Å². The first-order valence-electron chi connectivity index (χ1n) is 6.36. The highest BCUT2D eigenvalue weighted by Crippen LogP contribution is 2.23. The minimum absolute atomic E-state index is 0.618. The predicted octanol–water partition coefficient (Wildman–Crippen LogP) is 2.01. The van der Waals surface area contributed by atoms with Crippen LogP contribution in [0.3, 0.4) is 0 Å². The second kappa shape index (κ2) is 6.03. The van der Waals surface area contributed by atoms with Crippen molar-refractivity contribution in [1.82, 2.24) is 0 Å². The van der Waals surface area contributed by atoms with Gasteiger partial charge in [-0.25, -0.2) is 0 Å². The lowest BCUT2D eigenvalue weighted by Gasteiger charge is -2.34. The van der Waals surface area contributed by atoms with Gasteiger partial charge in [0, 0.05) is 32.4 Å². The molecule has 1 aliphatic rings. The molecule has 0 radical (unpaired) electrons. The lowest BCUT2D eigenvalue weighted by Crippen LogP contribution is -2.37. The summed E-state index contributed by atoms with van der Waals surface area (Å²) in [7, 11) is 1.79. The molecule has 0 bridgehead atoms. The molecule has 3 nitrogen and oxygen atoms in total. The second-order valence-electron chi connectivity index (χ2n) is 4.78. The fourth-order valence-electron chi connectivity index (χ4n) is 2.51. The Hall–Kier alpha value is -1.06. The number of benzene rings is 1. The third-order valence-electron chi connectivity index (χ3n) is 3.46. The van der Waals surface area contributed by atoms with Crippen LogP contribution in [0.15, 0.2) is 24.3 Å². The second-order valence-corrected chi connectivity index (χ2v) is 4.78. The molecule has 0 aliphatic carbocycles. The molecule has 0 aromatic heterocycles. The van der Waals surface area contributed by atoms with Crippen molar-refractivity contribution in [3.8, 4) is 0 Å². The Balaban J connectivity index is 2.00. The molecule has 2 N–H and O–H groups in total. The standard InChI is InChI=1S/C14H22N2O/c1-17-11-13-3-2-8-16(10-13)14-6-4-12(9-15)5-7-14/h4-7,13H,2-3,8-11,15H2,1H3. The summed E-state index contributed by atoms with van der Waals surface area (Å²) in [6, 6.07) is 8.60. The van der Waals surface area contributed by atoms with Gasteiger partial charge in [-0.3, -0.25) is 0 Å². The summed E-state index contributed by atoms with van der Waals surface area (Å²) in [5, 5.41) is 0. The van der Waals surface area contributed by atoms with Gasteiger partial charge in [-0.15, -0.1) is 0 Å². The minimum atomic E-state index is 0.618. The normalized spacial score (nSPS) is 20.6. The van der Waals surface area contributed by atoms with Crippen LogP contribution >= 0.6 is 0 Å². The first kappa shape index (κ1) is 12.4. The van der Waals surface area contributed by atoms with Gasteiger partial charge >= 0.3 is 0 Å². The van der Waals surface area contributed by atoms with E-state index in [1.165, 1.54) is 24.1 Å². The average molecular weight is 234 g/mol. The number of ether oxygens (including phenoxy) is 1. The van der Waals surface area contributed by atoms with E-state index in [9.17, 15) is 0 Å². The predicted molar refractivity (Wildman–Crippen MR) is 71.1 cm³/mol. The summed E-state index contributed by atoms with van der Waals surface area (Å²) in [4.78, 5) is 2.45. The third kappa shape index (κ3) is 3.20. The van der Waals surface area contributed by atoms with E-state index in [2.05, 4.69) is 29.2 Å². The number of piperidine rings is 1. The molecule has 2 rings (SSSR count). The van der Waals surface area contributed by atoms with Crippen LogP contribution in [0, 0.1) is 5.92 Å². The maximum Gasteiger partial charge on any atom is 0.0507 e. The molecule has 17 heavy (non-hydrogen) atoms. The number of nitrogens with two attached hydrogens (primary N) is 1. The number of methoxy groups -OCH3 is 1. The number of hydrogen-bond acceptors (Lipinski definition) is 3. The van der Waals surface area contributed by atoms with Gasteiger partial charge in [-0.05, 0) is 36.5 Å². The van der Waals surface area contributed by atoms with Crippen LogP contribution in [0.2, 0.25) is 0 Å². The number of anilines is 1. The van der Waals surface area contributed by atoms with Crippen molar-refractivity contribution >= 4 is 5.69 Å². The van der Waals surface area contributed by atoms with E-state index < -0.39 is 0 Å². The largest absolute Gasteiger partial charge is 0.384 e. The van der Waals surface area contributed by atoms with Crippen molar-refractivity contribution in [2.24, 2.45) is 11.7 Å². The zero-order chi connectivity index (χ0) is 12.1. The highest BCUT2D eigenvalue weighted by Gasteiger charge is 2.19. The monoisotopic (exact) mass is 234 g/mol. The van der Waals surface area contributed by atoms with Gasteiger partial charge in [0.2, 0.25) is 0 Å². The first-order valence-corrected chi connectivity index (χ1v) is 6.36. The SMILES string of the molecule is COCC1CCCN(c2ccc(CN)cc2)C1. The lowest BCUT2D eigenvalue weighted by atomic mass is 9.98. The van der Waals surface area contributed by atoms with Crippen LogP contribution in [-0.2, 0) is 11.3 Å². The number of nitrogens with zero attached hydrogens (tertiary/aromatic N) is 1. The summed E-state index contributed by atoms with van der Waals surface area (Å²) in [5.41, 5.74) is 8.11. The molecule has 0 spiro atoms. The highest BCUT2D eigenvalue weighted by atomic mass is 16.5. The smallest absolute Gasteiger partial charge is 0.0507 e. The van der Waals surface area contributed by atoms with Gasteiger partial charge in [0.25, 0.3) is 0 Å². The van der Waals surface area contributed by atoms with Crippen molar-refractivity contribution in [1.29, 1.82) is 0 Å². The summed E-state index contributed by atoms with van der Waals surface area (Å²) in [6.45, 7) is 3.75.